The number of hydrogen-bond acceptors (Lipinski definition) is 4. The zero-order valence-corrected chi connectivity index (χ0v) is 8.16. The molecule has 0 radical (unpaired) electrons. The Bertz CT molecular complexity index is 229. The highest BCUT2D eigenvalue weighted by atomic mass is 16.5. The number of methoxy groups -OCH3 is 1. The van der Waals surface area contributed by atoms with E-state index in [0.717, 1.165) is 6.54 Å². The number of carbonyl (C=O) groups is 2. The van der Waals surface area contributed by atoms with E-state index < -0.39 is 11.9 Å². The summed E-state index contributed by atoms with van der Waals surface area (Å²) in [6.07, 6.45) is 0.918. The molecule has 1 fully saturated rings. The Morgan fingerprint density at radius 1 is 1.57 bits per heavy atom. The van der Waals surface area contributed by atoms with Crippen molar-refractivity contribution in [3.8, 4) is 0 Å². The van der Waals surface area contributed by atoms with E-state index in [9.17, 15) is 9.59 Å². The quantitative estimate of drug-likeness (QED) is 0.621. The molecule has 1 saturated heterocycles. The minimum absolute atomic E-state index is 0.0961. The fourth-order valence-corrected chi connectivity index (χ4v) is 1.74. The molecule has 80 valence electrons. The summed E-state index contributed by atoms with van der Waals surface area (Å²) in [7, 11) is 1.32. The maximum absolute atomic E-state index is 11.0. The van der Waals surface area contributed by atoms with Crippen molar-refractivity contribution >= 4 is 11.9 Å². The van der Waals surface area contributed by atoms with Gasteiger partial charge in [0.15, 0.2) is 0 Å². The van der Waals surface area contributed by atoms with Crippen molar-refractivity contribution in [2.24, 2.45) is 11.8 Å². The van der Waals surface area contributed by atoms with Crippen molar-refractivity contribution in [2.45, 2.75) is 12.8 Å². The summed E-state index contributed by atoms with van der Waals surface area (Å²) < 4.78 is 4.53. The summed E-state index contributed by atoms with van der Waals surface area (Å²) in [6.45, 7) is 1.21. The second-order valence-corrected chi connectivity index (χ2v) is 3.48. The molecule has 5 nitrogen and oxygen atoms in total. The number of hydrogen-bond donors (Lipinski definition) is 2. The zero-order chi connectivity index (χ0) is 10.6. The third kappa shape index (κ3) is 2.70. The van der Waals surface area contributed by atoms with Gasteiger partial charge in [-0.1, -0.05) is 0 Å². The number of ether oxygens (including phenoxy) is 1. The summed E-state index contributed by atoms with van der Waals surface area (Å²) in [5.74, 6) is -1.74. The number of nitrogens with one attached hydrogen (secondary N) is 1. The molecule has 2 unspecified atom stereocenters. The highest BCUT2D eigenvalue weighted by Crippen LogP contribution is 2.23. The van der Waals surface area contributed by atoms with Crippen molar-refractivity contribution in [1.29, 1.82) is 0 Å². The topological polar surface area (TPSA) is 75.6 Å². The highest BCUT2D eigenvalue weighted by Gasteiger charge is 2.32. The number of esters is 1. The normalized spacial score (nSPS) is 26.9. The molecular weight excluding hydrogens is 186 g/mol. The third-order valence-corrected chi connectivity index (χ3v) is 2.60. The molecule has 2 atom stereocenters. The number of carbonyl (C=O) groups excluding carboxylic acids is 1. The molecule has 0 aromatic heterocycles. The predicted octanol–water partition coefficient (Wildman–Crippen LogP) is -0.140. The summed E-state index contributed by atoms with van der Waals surface area (Å²) in [6, 6.07) is 0. The molecule has 0 aromatic rings. The SMILES string of the molecule is COC(=O)CC1CCNCC1C(=O)O. The van der Waals surface area contributed by atoms with Gasteiger partial charge in [0.25, 0.3) is 0 Å². The van der Waals surface area contributed by atoms with Crippen molar-refractivity contribution in [3.05, 3.63) is 0 Å². The Morgan fingerprint density at radius 2 is 2.29 bits per heavy atom. The molecule has 0 spiro atoms. The van der Waals surface area contributed by atoms with Gasteiger partial charge in [-0.2, -0.15) is 0 Å². The Kier molecular flexibility index (Phi) is 3.88. The molecule has 1 aliphatic heterocycles. The van der Waals surface area contributed by atoms with Crippen LogP contribution in [0.4, 0.5) is 0 Å². The van der Waals surface area contributed by atoms with Gasteiger partial charge in [0.2, 0.25) is 0 Å². The molecule has 1 aliphatic rings. The average Bonchev–Trinajstić information content (AvgIpc) is 2.18. The second kappa shape index (κ2) is 4.95. The number of piperidine rings is 1. The van der Waals surface area contributed by atoms with Crippen molar-refractivity contribution in [1.82, 2.24) is 5.32 Å². The predicted molar refractivity (Wildman–Crippen MR) is 48.7 cm³/mol. The van der Waals surface area contributed by atoms with E-state index in [1.807, 2.05) is 0 Å². The lowest BCUT2D eigenvalue weighted by Crippen LogP contribution is -2.41. The van der Waals surface area contributed by atoms with Crippen molar-refractivity contribution < 1.29 is 19.4 Å². The van der Waals surface area contributed by atoms with Gasteiger partial charge in [0, 0.05) is 13.0 Å². The Balaban J connectivity index is 2.54. The maximum Gasteiger partial charge on any atom is 0.308 e. The average molecular weight is 201 g/mol. The first-order valence-electron chi connectivity index (χ1n) is 4.65. The van der Waals surface area contributed by atoms with Crippen LogP contribution in [0.25, 0.3) is 0 Å². The van der Waals surface area contributed by atoms with Gasteiger partial charge in [0.05, 0.1) is 13.0 Å². The number of carboxylic acids is 1. The second-order valence-electron chi connectivity index (χ2n) is 3.48. The van der Waals surface area contributed by atoms with Crippen molar-refractivity contribution in [3.63, 3.8) is 0 Å². The molecule has 0 aliphatic carbocycles. The van der Waals surface area contributed by atoms with Crippen LogP contribution >= 0.6 is 0 Å². The molecule has 0 saturated carbocycles. The molecule has 1 heterocycles. The third-order valence-electron chi connectivity index (χ3n) is 2.60. The van der Waals surface area contributed by atoms with Crippen LogP contribution in [-0.4, -0.2) is 37.2 Å². The lowest BCUT2D eigenvalue weighted by molar-refractivity contribution is -0.147. The molecule has 0 amide bonds. The van der Waals surface area contributed by atoms with E-state index >= 15 is 0 Å². The lowest BCUT2D eigenvalue weighted by Gasteiger charge is -2.28. The van der Waals surface area contributed by atoms with Gasteiger partial charge in [0.1, 0.15) is 0 Å². The van der Waals surface area contributed by atoms with Crippen LogP contribution in [0.3, 0.4) is 0 Å². The summed E-state index contributed by atoms with van der Waals surface area (Å²) in [5, 5.41) is 11.9. The van der Waals surface area contributed by atoms with E-state index in [1.165, 1.54) is 7.11 Å². The first-order chi connectivity index (χ1) is 6.65. The molecular formula is C9H15NO4. The minimum Gasteiger partial charge on any atom is -0.481 e. The van der Waals surface area contributed by atoms with Crippen molar-refractivity contribution in [2.75, 3.05) is 20.2 Å². The largest absolute Gasteiger partial charge is 0.481 e. The van der Waals surface area contributed by atoms with Crippen LogP contribution in [0.2, 0.25) is 0 Å². The number of carboxylic acid groups (broad SMARTS) is 1. The summed E-state index contributed by atoms with van der Waals surface area (Å²) in [4.78, 5) is 21.9. The minimum atomic E-state index is -0.842. The van der Waals surface area contributed by atoms with Crippen LogP contribution < -0.4 is 5.32 Å². The first-order valence-corrected chi connectivity index (χ1v) is 4.65. The smallest absolute Gasteiger partial charge is 0.308 e. The summed E-state index contributed by atoms with van der Waals surface area (Å²) in [5.41, 5.74) is 0. The van der Waals surface area contributed by atoms with Gasteiger partial charge in [-0.25, -0.2) is 0 Å². The van der Waals surface area contributed by atoms with Gasteiger partial charge in [-0.15, -0.1) is 0 Å². The molecule has 2 N–H and O–H groups in total. The van der Waals surface area contributed by atoms with Gasteiger partial charge in [-0.3, -0.25) is 9.59 Å². The number of aliphatic carboxylic acids is 1. The Hall–Kier alpha value is -1.10. The Morgan fingerprint density at radius 3 is 2.86 bits per heavy atom. The number of rotatable bonds is 3. The zero-order valence-electron chi connectivity index (χ0n) is 8.16. The van der Waals surface area contributed by atoms with E-state index in [-0.39, 0.29) is 18.3 Å². The van der Waals surface area contributed by atoms with Crippen LogP contribution in [0.1, 0.15) is 12.8 Å². The van der Waals surface area contributed by atoms with E-state index in [0.29, 0.717) is 13.0 Å². The highest BCUT2D eigenvalue weighted by molar-refractivity contribution is 5.74. The molecule has 0 bridgehead atoms. The fourth-order valence-electron chi connectivity index (χ4n) is 1.74. The fraction of sp³-hybridized carbons (Fsp3) is 0.778. The summed E-state index contributed by atoms with van der Waals surface area (Å²) >= 11 is 0. The molecule has 1 rings (SSSR count). The standard InChI is InChI=1S/C9H15NO4/c1-14-8(11)4-6-2-3-10-5-7(6)9(12)13/h6-7,10H,2-5H2,1H3,(H,12,13). The molecule has 5 heteroatoms. The van der Waals surface area contributed by atoms with Gasteiger partial charge in [-0.05, 0) is 18.9 Å². The lowest BCUT2D eigenvalue weighted by atomic mass is 9.84. The van der Waals surface area contributed by atoms with Crippen LogP contribution in [-0.2, 0) is 14.3 Å². The van der Waals surface area contributed by atoms with E-state index in [2.05, 4.69) is 10.1 Å². The van der Waals surface area contributed by atoms with E-state index in [4.69, 9.17) is 5.11 Å². The monoisotopic (exact) mass is 201 g/mol. The maximum atomic E-state index is 11.0. The van der Waals surface area contributed by atoms with Gasteiger partial charge < -0.3 is 15.2 Å². The van der Waals surface area contributed by atoms with Crippen LogP contribution in [0.15, 0.2) is 0 Å². The van der Waals surface area contributed by atoms with Crippen LogP contribution in [0.5, 0.6) is 0 Å². The first kappa shape index (κ1) is 11.0. The molecule has 14 heavy (non-hydrogen) atoms. The van der Waals surface area contributed by atoms with Gasteiger partial charge >= 0.3 is 11.9 Å². The van der Waals surface area contributed by atoms with E-state index in [1.54, 1.807) is 0 Å². The Labute approximate surface area is 82.4 Å². The van der Waals surface area contributed by atoms with Crippen LogP contribution in [0, 0.1) is 11.8 Å². The molecule has 0 aromatic carbocycles.